The second kappa shape index (κ2) is 10.6. The number of ether oxygens (including phenoxy) is 1. The van der Waals surface area contributed by atoms with Crippen LogP contribution in [0, 0.1) is 0 Å². The summed E-state index contributed by atoms with van der Waals surface area (Å²) in [5.41, 5.74) is 0.0682. The smallest absolute Gasteiger partial charge is 0.407 e. The molecule has 4 N–H and O–H groups in total. The van der Waals surface area contributed by atoms with Crippen molar-refractivity contribution < 1.29 is 17.9 Å². The van der Waals surface area contributed by atoms with Gasteiger partial charge in [-0.25, -0.2) is 9.89 Å². The van der Waals surface area contributed by atoms with E-state index < -0.39 is 21.9 Å². The predicted molar refractivity (Wildman–Crippen MR) is 124 cm³/mol. The first-order chi connectivity index (χ1) is 15.8. The third-order valence-corrected chi connectivity index (χ3v) is 8.24. The van der Waals surface area contributed by atoms with Gasteiger partial charge in [0.1, 0.15) is 11.1 Å². The number of halogens is 1. The number of aromatic nitrogens is 2. The lowest BCUT2D eigenvalue weighted by atomic mass is 9.92. The normalized spacial score (nSPS) is 26.5. The van der Waals surface area contributed by atoms with Gasteiger partial charge in [0.15, 0.2) is 0 Å². The molecule has 4 rings (SSSR count). The lowest BCUT2D eigenvalue weighted by Crippen LogP contribution is -2.49. The monoisotopic (exact) mass is 502 g/mol. The number of carbonyl (C=O) groups excluding carboxylic acids is 1. The van der Waals surface area contributed by atoms with Gasteiger partial charge in [0.2, 0.25) is 0 Å². The number of amides is 1. The molecule has 1 amide bonds. The number of nitrogens with zero attached hydrogens (tertiary/aromatic N) is 2. The average molecular weight is 503 g/mol. The zero-order valence-electron chi connectivity index (χ0n) is 18.4. The molecule has 0 aromatic carbocycles. The summed E-state index contributed by atoms with van der Waals surface area (Å²) in [6.45, 7) is 1.03. The molecule has 3 fully saturated rings. The molecule has 1 aliphatic heterocycles. The molecule has 1 aromatic heterocycles. The first-order valence-electron chi connectivity index (χ1n) is 11.5. The van der Waals surface area contributed by atoms with E-state index in [9.17, 15) is 18.0 Å². The first-order valence-corrected chi connectivity index (χ1v) is 13.4. The molecule has 2 aliphatic carbocycles. The minimum absolute atomic E-state index is 0.0386. The van der Waals surface area contributed by atoms with E-state index in [1.54, 1.807) is 0 Å². The Morgan fingerprint density at radius 2 is 1.70 bits per heavy atom. The third-order valence-electron chi connectivity index (χ3n) is 6.58. The number of rotatable bonds is 7. The SMILES string of the molecule is O=C(NC1CCC(NS(=O)(=O)NC2CCCC2)CC1)O[C@@H]1CCN(c2cn[nH]c(=O)c2Cl)C1. The number of aromatic amines is 1. The molecule has 2 saturated carbocycles. The number of hydrogen-bond donors (Lipinski definition) is 4. The quantitative estimate of drug-likeness (QED) is 0.441. The summed E-state index contributed by atoms with van der Waals surface area (Å²) in [4.78, 5) is 25.9. The minimum Gasteiger partial charge on any atom is -0.444 e. The molecule has 13 heteroatoms. The van der Waals surface area contributed by atoms with E-state index in [2.05, 4.69) is 25.0 Å². The van der Waals surface area contributed by atoms with Crippen molar-refractivity contribution in [2.75, 3.05) is 18.0 Å². The van der Waals surface area contributed by atoms with Gasteiger partial charge >= 0.3 is 6.09 Å². The van der Waals surface area contributed by atoms with Gasteiger partial charge < -0.3 is 15.0 Å². The third kappa shape index (κ3) is 6.58. The summed E-state index contributed by atoms with van der Waals surface area (Å²) in [5, 5.41) is 9.03. The van der Waals surface area contributed by atoms with E-state index in [4.69, 9.17) is 16.3 Å². The zero-order chi connectivity index (χ0) is 23.4. The first kappa shape index (κ1) is 24.2. The van der Waals surface area contributed by atoms with E-state index in [0.717, 1.165) is 25.7 Å². The van der Waals surface area contributed by atoms with E-state index in [1.807, 2.05) is 4.90 Å². The van der Waals surface area contributed by atoms with E-state index in [-0.39, 0.29) is 29.3 Å². The molecule has 0 bridgehead atoms. The Morgan fingerprint density at radius 3 is 2.39 bits per heavy atom. The summed E-state index contributed by atoms with van der Waals surface area (Å²) in [5.74, 6) is 0. The Morgan fingerprint density at radius 1 is 1.06 bits per heavy atom. The van der Waals surface area contributed by atoms with Crippen molar-refractivity contribution in [3.63, 3.8) is 0 Å². The molecule has 0 unspecified atom stereocenters. The lowest BCUT2D eigenvalue weighted by Gasteiger charge is -2.30. The van der Waals surface area contributed by atoms with Gasteiger partial charge in [0.25, 0.3) is 15.8 Å². The van der Waals surface area contributed by atoms with Crippen LogP contribution in [0.15, 0.2) is 11.0 Å². The highest BCUT2D eigenvalue weighted by Crippen LogP contribution is 2.26. The van der Waals surface area contributed by atoms with Gasteiger partial charge in [0.05, 0.1) is 18.4 Å². The van der Waals surface area contributed by atoms with Crippen molar-refractivity contribution in [1.82, 2.24) is 25.0 Å². The molecular weight excluding hydrogens is 472 g/mol. The van der Waals surface area contributed by atoms with Crippen molar-refractivity contribution in [3.05, 3.63) is 21.6 Å². The number of carbonyl (C=O) groups is 1. The second-order valence-corrected chi connectivity index (χ2v) is 10.9. The van der Waals surface area contributed by atoms with Gasteiger partial charge in [0, 0.05) is 31.1 Å². The predicted octanol–water partition coefficient (Wildman–Crippen LogP) is 1.41. The number of alkyl carbamates (subject to hydrolysis) is 1. The van der Waals surface area contributed by atoms with Crippen molar-refractivity contribution in [2.45, 2.75) is 82.0 Å². The molecule has 1 aromatic rings. The highest BCUT2D eigenvalue weighted by Gasteiger charge is 2.30. The van der Waals surface area contributed by atoms with Crippen molar-refractivity contribution >= 4 is 33.6 Å². The largest absolute Gasteiger partial charge is 0.444 e. The Labute approximate surface area is 198 Å². The maximum Gasteiger partial charge on any atom is 0.407 e. The van der Waals surface area contributed by atoms with Crippen LogP contribution in [0.4, 0.5) is 10.5 Å². The summed E-state index contributed by atoms with van der Waals surface area (Å²) in [6, 6.07) is -0.143. The van der Waals surface area contributed by atoms with E-state index >= 15 is 0 Å². The average Bonchev–Trinajstić information content (AvgIpc) is 3.43. The Kier molecular flexibility index (Phi) is 7.77. The zero-order valence-corrected chi connectivity index (χ0v) is 20.0. The summed E-state index contributed by atoms with van der Waals surface area (Å²) < 4.78 is 35.7. The maximum absolute atomic E-state index is 12.4. The number of nitrogens with one attached hydrogen (secondary N) is 4. The summed E-state index contributed by atoms with van der Waals surface area (Å²) in [6.07, 6.45) is 7.90. The Bertz CT molecular complexity index is 991. The van der Waals surface area contributed by atoms with E-state index in [0.29, 0.717) is 50.9 Å². The molecule has 33 heavy (non-hydrogen) atoms. The minimum atomic E-state index is -3.51. The highest BCUT2D eigenvalue weighted by atomic mass is 35.5. The van der Waals surface area contributed by atoms with Gasteiger partial charge in [-0.3, -0.25) is 4.79 Å². The topological polar surface area (TPSA) is 146 Å². The van der Waals surface area contributed by atoms with Crippen molar-refractivity contribution in [3.8, 4) is 0 Å². The summed E-state index contributed by atoms with van der Waals surface area (Å²) >= 11 is 6.06. The van der Waals surface area contributed by atoms with Gasteiger partial charge in [-0.1, -0.05) is 24.4 Å². The molecule has 0 radical (unpaired) electrons. The number of hydrogen-bond acceptors (Lipinski definition) is 7. The van der Waals surface area contributed by atoms with Gasteiger partial charge in [-0.05, 0) is 38.5 Å². The Hall–Kier alpha value is -1.89. The van der Waals surface area contributed by atoms with Crippen LogP contribution in [-0.4, -0.2) is 62.0 Å². The fraction of sp³-hybridized carbons (Fsp3) is 0.750. The Balaban J connectivity index is 1.17. The molecule has 184 valence electrons. The van der Waals surface area contributed by atoms with Crippen LogP contribution in [0.3, 0.4) is 0 Å². The van der Waals surface area contributed by atoms with Crippen LogP contribution in [-0.2, 0) is 14.9 Å². The highest BCUT2D eigenvalue weighted by molar-refractivity contribution is 7.87. The maximum atomic E-state index is 12.4. The molecule has 3 aliphatic rings. The molecule has 11 nitrogen and oxygen atoms in total. The molecular formula is C20H31ClN6O5S. The van der Waals surface area contributed by atoms with Crippen LogP contribution in [0.5, 0.6) is 0 Å². The molecule has 2 heterocycles. The van der Waals surface area contributed by atoms with Gasteiger partial charge in [-0.15, -0.1) is 0 Å². The van der Waals surface area contributed by atoms with Gasteiger partial charge in [-0.2, -0.15) is 23.0 Å². The number of anilines is 1. The van der Waals surface area contributed by atoms with E-state index in [1.165, 1.54) is 6.20 Å². The van der Waals surface area contributed by atoms with Crippen LogP contribution in [0.25, 0.3) is 0 Å². The standard InChI is InChI=1S/C20H31ClN6O5S/c21-18-17(11-22-24-19(18)28)27-10-9-16(12-27)32-20(29)23-13-5-7-15(8-6-13)26-33(30,31)25-14-3-1-2-4-14/h11,13-16,25-26H,1-10,12H2,(H,23,29)(H,24,28)/t13?,15?,16-/m1/s1. The van der Waals surface area contributed by atoms with Crippen molar-refractivity contribution in [2.24, 2.45) is 0 Å². The second-order valence-electron chi connectivity index (χ2n) is 9.07. The number of H-pyrrole nitrogens is 1. The summed E-state index contributed by atoms with van der Waals surface area (Å²) in [7, 11) is -3.51. The van der Waals surface area contributed by atoms with Crippen LogP contribution >= 0.6 is 11.6 Å². The molecule has 1 atom stereocenters. The molecule has 0 spiro atoms. The van der Waals surface area contributed by atoms with Crippen LogP contribution in [0.2, 0.25) is 5.02 Å². The fourth-order valence-corrected chi connectivity index (χ4v) is 6.49. The lowest BCUT2D eigenvalue weighted by molar-refractivity contribution is 0.102. The van der Waals surface area contributed by atoms with Crippen LogP contribution in [0.1, 0.15) is 57.8 Å². The fourth-order valence-electron chi connectivity index (χ4n) is 4.86. The van der Waals surface area contributed by atoms with Crippen LogP contribution < -0.4 is 25.2 Å². The van der Waals surface area contributed by atoms with Crippen molar-refractivity contribution in [1.29, 1.82) is 0 Å². The molecule has 1 saturated heterocycles.